The molecule has 3 rings (SSSR count). The van der Waals surface area contributed by atoms with Gasteiger partial charge in [-0.15, -0.1) is 0 Å². The van der Waals surface area contributed by atoms with Crippen molar-refractivity contribution in [1.29, 1.82) is 0 Å². The second-order valence-corrected chi connectivity index (χ2v) is 6.22. The van der Waals surface area contributed by atoms with Gasteiger partial charge in [-0.25, -0.2) is 0 Å². The van der Waals surface area contributed by atoms with Crippen molar-refractivity contribution in [3.63, 3.8) is 0 Å². The molecule has 2 fully saturated rings. The molecule has 102 valence electrons. The fraction of sp³-hybridized carbons (Fsp3) is 0.571. The van der Waals surface area contributed by atoms with Crippen molar-refractivity contribution in [3.05, 3.63) is 22.4 Å². The summed E-state index contributed by atoms with van der Waals surface area (Å²) in [5.41, 5.74) is 0.570. The lowest BCUT2D eigenvalue weighted by Crippen LogP contribution is -2.35. The third-order valence-corrected chi connectivity index (χ3v) is 5.05. The maximum absolute atomic E-state index is 12.3. The summed E-state index contributed by atoms with van der Waals surface area (Å²) >= 11 is 1.54. The van der Waals surface area contributed by atoms with Crippen molar-refractivity contribution < 1.29 is 9.59 Å². The lowest BCUT2D eigenvalue weighted by molar-refractivity contribution is -0.128. The number of hydrogen-bond acceptors (Lipinski definition) is 3. The van der Waals surface area contributed by atoms with Crippen molar-refractivity contribution in [2.75, 3.05) is 19.6 Å². The van der Waals surface area contributed by atoms with Gasteiger partial charge in [0.1, 0.15) is 0 Å². The predicted octanol–water partition coefficient (Wildman–Crippen LogP) is 1.88. The van der Waals surface area contributed by atoms with Crippen molar-refractivity contribution in [3.8, 4) is 0 Å². The molecule has 2 saturated heterocycles. The second-order valence-electron chi connectivity index (χ2n) is 5.44. The van der Waals surface area contributed by atoms with Gasteiger partial charge in [-0.2, -0.15) is 11.3 Å². The van der Waals surface area contributed by atoms with E-state index in [2.05, 4.69) is 5.32 Å². The number of nitrogens with zero attached hydrogens (tertiary/aromatic N) is 1. The van der Waals surface area contributed by atoms with E-state index in [9.17, 15) is 9.59 Å². The molecule has 3 heterocycles. The highest BCUT2D eigenvalue weighted by atomic mass is 32.1. The number of hydrogen-bond donors (Lipinski definition) is 1. The van der Waals surface area contributed by atoms with Gasteiger partial charge in [0.05, 0.1) is 11.0 Å². The Bertz CT molecular complexity index is 486. The number of amides is 2. The second kappa shape index (κ2) is 4.96. The average Bonchev–Trinajstić information content (AvgIpc) is 2.98. The summed E-state index contributed by atoms with van der Waals surface area (Å²) in [5.74, 6) is 0.300. The predicted molar refractivity (Wildman–Crippen MR) is 74.1 cm³/mol. The topological polar surface area (TPSA) is 49.4 Å². The number of likely N-dealkylation sites (tertiary alicyclic amines) is 1. The quantitative estimate of drug-likeness (QED) is 0.852. The summed E-state index contributed by atoms with van der Waals surface area (Å²) in [6, 6.07) is 1.87. The fourth-order valence-corrected chi connectivity index (χ4v) is 3.79. The smallest absolute Gasteiger partial charge is 0.254 e. The Hall–Kier alpha value is -1.36. The van der Waals surface area contributed by atoms with Gasteiger partial charge in [-0.05, 0) is 37.1 Å². The van der Waals surface area contributed by atoms with Gasteiger partial charge >= 0.3 is 0 Å². The minimum atomic E-state index is -0.205. The van der Waals surface area contributed by atoms with Crippen LogP contribution in [0.25, 0.3) is 0 Å². The minimum absolute atomic E-state index is 0.108. The van der Waals surface area contributed by atoms with Crippen molar-refractivity contribution in [2.24, 2.45) is 5.41 Å². The Morgan fingerprint density at radius 2 is 2.21 bits per heavy atom. The van der Waals surface area contributed by atoms with Gasteiger partial charge in [0.25, 0.3) is 5.91 Å². The molecule has 1 atom stereocenters. The van der Waals surface area contributed by atoms with Gasteiger partial charge in [0.15, 0.2) is 0 Å². The Balaban J connectivity index is 1.71. The van der Waals surface area contributed by atoms with Crippen molar-refractivity contribution >= 4 is 23.2 Å². The van der Waals surface area contributed by atoms with Crippen LogP contribution >= 0.6 is 11.3 Å². The third kappa shape index (κ3) is 2.27. The van der Waals surface area contributed by atoms with Gasteiger partial charge in [-0.1, -0.05) is 0 Å². The third-order valence-electron chi connectivity index (χ3n) is 4.37. The van der Waals surface area contributed by atoms with E-state index >= 15 is 0 Å². The molecule has 1 aromatic heterocycles. The van der Waals surface area contributed by atoms with Crippen LogP contribution in [0.3, 0.4) is 0 Å². The van der Waals surface area contributed by atoms with E-state index in [0.717, 1.165) is 44.3 Å². The zero-order chi connectivity index (χ0) is 13.3. The maximum atomic E-state index is 12.3. The summed E-state index contributed by atoms with van der Waals surface area (Å²) < 4.78 is 0. The molecule has 5 heteroatoms. The minimum Gasteiger partial charge on any atom is -0.356 e. The summed E-state index contributed by atoms with van der Waals surface area (Å²) in [4.78, 5) is 26.2. The summed E-state index contributed by atoms with van der Waals surface area (Å²) in [6.45, 7) is 2.25. The Kier molecular flexibility index (Phi) is 3.31. The van der Waals surface area contributed by atoms with E-state index in [1.54, 1.807) is 11.3 Å². The number of thiophene rings is 1. The molecule has 1 aromatic rings. The summed E-state index contributed by atoms with van der Waals surface area (Å²) in [6.07, 6.45) is 3.55. The van der Waals surface area contributed by atoms with Crippen LogP contribution in [0.1, 0.15) is 36.0 Å². The highest BCUT2D eigenvalue weighted by Crippen LogP contribution is 2.38. The molecule has 2 aliphatic heterocycles. The van der Waals surface area contributed by atoms with Crippen LogP contribution in [0, 0.1) is 5.41 Å². The molecule has 0 radical (unpaired) electrons. The first-order valence-corrected chi connectivity index (χ1v) is 7.75. The van der Waals surface area contributed by atoms with Gasteiger partial charge in [-0.3, -0.25) is 9.59 Å². The van der Waals surface area contributed by atoms with E-state index in [4.69, 9.17) is 0 Å². The fourth-order valence-electron chi connectivity index (χ4n) is 3.16. The lowest BCUT2D eigenvalue weighted by atomic mass is 9.79. The first-order valence-electron chi connectivity index (χ1n) is 6.81. The monoisotopic (exact) mass is 278 g/mol. The summed E-state index contributed by atoms with van der Waals surface area (Å²) in [7, 11) is 0. The van der Waals surface area contributed by atoms with Crippen LogP contribution in [0.2, 0.25) is 0 Å². The molecule has 19 heavy (non-hydrogen) atoms. The summed E-state index contributed by atoms with van der Waals surface area (Å²) in [5, 5.41) is 6.76. The molecule has 0 aromatic carbocycles. The molecular formula is C14H18N2O2S. The molecule has 2 aliphatic rings. The van der Waals surface area contributed by atoms with Crippen LogP contribution in [-0.2, 0) is 4.79 Å². The van der Waals surface area contributed by atoms with Crippen LogP contribution in [-0.4, -0.2) is 36.3 Å². The molecule has 0 saturated carbocycles. The standard InChI is InChI=1S/C14H18N2O2S/c17-12(11-2-9-19-10-11)16-7-1-3-14(5-8-16)4-6-15-13(14)18/h2,9-10H,1,3-8H2,(H,15,18)/t14-/m0/s1. The van der Waals surface area contributed by atoms with Gasteiger partial charge in [0.2, 0.25) is 5.91 Å². The van der Waals surface area contributed by atoms with Crippen molar-refractivity contribution in [1.82, 2.24) is 10.2 Å². The zero-order valence-electron chi connectivity index (χ0n) is 10.9. The largest absolute Gasteiger partial charge is 0.356 e. The molecular weight excluding hydrogens is 260 g/mol. The number of nitrogens with one attached hydrogen (secondary N) is 1. The highest BCUT2D eigenvalue weighted by Gasteiger charge is 2.43. The molecule has 0 bridgehead atoms. The molecule has 2 amide bonds. The van der Waals surface area contributed by atoms with Crippen LogP contribution in [0.15, 0.2) is 16.8 Å². The molecule has 4 nitrogen and oxygen atoms in total. The zero-order valence-corrected chi connectivity index (χ0v) is 11.7. The van der Waals surface area contributed by atoms with Gasteiger partial charge in [0, 0.05) is 25.0 Å². The number of carbonyl (C=O) groups is 2. The molecule has 0 aliphatic carbocycles. The SMILES string of the molecule is O=C(c1ccsc1)N1CCC[C@]2(CCNC2=O)CC1. The van der Waals surface area contributed by atoms with Crippen LogP contribution in [0.4, 0.5) is 0 Å². The lowest BCUT2D eigenvalue weighted by Gasteiger charge is -2.24. The van der Waals surface area contributed by atoms with E-state index in [1.807, 2.05) is 21.7 Å². The highest BCUT2D eigenvalue weighted by molar-refractivity contribution is 7.08. The van der Waals surface area contributed by atoms with E-state index in [1.165, 1.54) is 0 Å². The van der Waals surface area contributed by atoms with E-state index in [0.29, 0.717) is 6.54 Å². The maximum Gasteiger partial charge on any atom is 0.254 e. The Labute approximate surface area is 116 Å². The number of rotatable bonds is 1. The average molecular weight is 278 g/mol. The number of carbonyl (C=O) groups excluding carboxylic acids is 2. The van der Waals surface area contributed by atoms with Crippen LogP contribution < -0.4 is 5.32 Å². The first-order chi connectivity index (χ1) is 9.21. The normalized spacial score (nSPS) is 27.4. The van der Waals surface area contributed by atoms with E-state index < -0.39 is 0 Å². The molecule has 1 spiro atoms. The first kappa shape index (κ1) is 12.7. The van der Waals surface area contributed by atoms with Gasteiger partial charge < -0.3 is 10.2 Å². The van der Waals surface area contributed by atoms with E-state index in [-0.39, 0.29) is 17.2 Å². The molecule has 0 unspecified atom stereocenters. The molecule has 1 N–H and O–H groups in total. The Morgan fingerprint density at radius 1 is 1.32 bits per heavy atom. The van der Waals surface area contributed by atoms with Crippen LogP contribution in [0.5, 0.6) is 0 Å². The Morgan fingerprint density at radius 3 is 2.89 bits per heavy atom. The van der Waals surface area contributed by atoms with Crippen molar-refractivity contribution in [2.45, 2.75) is 25.7 Å².